The van der Waals surface area contributed by atoms with E-state index in [2.05, 4.69) is 5.32 Å². The van der Waals surface area contributed by atoms with E-state index < -0.39 is 0 Å². The Bertz CT molecular complexity index is 990. The third-order valence-corrected chi connectivity index (χ3v) is 8.25. The van der Waals surface area contributed by atoms with Crippen LogP contribution in [0.3, 0.4) is 0 Å². The molecule has 5 rings (SSSR count). The minimum atomic E-state index is -0.0535. The zero-order valence-electron chi connectivity index (χ0n) is 17.0. The van der Waals surface area contributed by atoms with Crippen LogP contribution in [-0.2, 0) is 33.7 Å². The van der Waals surface area contributed by atoms with Gasteiger partial charge in [0.2, 0.25) is 5.91 Å². The van der Waals surface area contributed by atoms with Gasteiger partial charge in [0.05, 0.1) is 29.9 Å². The van der Waals surface area contributed by atoms with E-state index in [0.29, 0.717) is 18.2 Å². The number of amides is 1. The molecule has 2 aromatic rings. The van der Waals surface area contributed by atoms with E-state index in [1.54, 1.807) is 15.9 Å². The molecule has 0 bridgehead atoms. The highest BCUT2D eigenvalue weighted by Gasteiger charge is 2.26. The summed E-state index contributed by atoms with van der Waals surface area (Å²) in [6, 6.07) is 0. The lowest BCUT2D eigenvalue weighted by Crippen LogP contribution is -2.33. The fourth-order valence-corrected chi connectivity index (χ4v) is 6.68. The van der Waals surface area contributed by atoms with Gasteiger partial charge >= 0.3 is 0 Å². The van der Waals surface area contributed by atoms with Crippen molar-refractivity contribution in [2.45, 2.75) is 68.9 Å². The molecule has 1 aliphatic carbocycles. The first-order valence-corrected chi connectivity index (χ1v) is 12.7. The lowest BCUT2D eigenvalue weighted by molar-refractivity contribution is -0.119. The fraction of sp³-hybridized carbons (Fsp3) is 0.667. The van der Waals surface area contributed by atoms with Crippen LogP contribution in [0.5, 0.6) is 0 Å². The van der Waals surface area contributed by atoms with Crippen molar-refractivity contribution in [2.75, 3.05) is 25.5 Å². The minimum Gasteiger partial charge on any atom is -0.376 e. The first-order valence-electron chi connectivity index (χ1n) is 10.9. The number of carbonyl (C=O) groups excluding carboxylic acids is 1. The number of fused-ring (bicyclic) bond motifs is 3. The summed E-state index contributed by atoms with van der Waals surface area (Å²) in [5.74, 6) is 0.184. The zero-order chi connectivity index (χ0) is 20.5. The predicted molar refractivity (Wildman–Crippen MR) is 118 cm³/mol. The number of ether oxygens (including phenoxy) is 2. The Morgan fingerprint density at radius 3 is 2.73 bits per heavy atom. The highest BCUT2D eigenvalue weighted by atomic mass is 32.2. The number of hydrogen-bond donors (Lipinski definition) is 1. The van der Waals surface area contributed by atoms with E-state index in [0.717, 1.165) is 68.4 Å². The first-order chi connectivity index (χ1) is 14.7. The van der Waals surface area contributed by atoms with Crippen LogP contribution >= 0.6 is 23.1 Å². The molecule has 162 valence electrons. The molecule has 9 heteroatoms. The molecule has 2 fully saturated rings. The Balaban J connectivity index is 1.36. The Kier molecular flexibility index (Phi) is 6.13. The molecule has 2 aliphatic heterocycles. The molecule has 4 heterocycles. The van der Waals surface area contributed by atoms with E-state index in [-0.39, 0.29) is 29.4 Å². The number of rotatable bonds is 7. The number of thioether (sulfide) groups is 1. The maximum absolute atomic E-state index is 13.4. The van der Waals surface area contributed by atoms with Crippen molar-refractivity contribution in [3.63, 3.8) is 0 Å². The second-order valence-electron chi connectivity index (χ2n) is 8.21. The molecule has 1 N–H and O–H groups in total. The van der Waals surface area contributed by atoms with Gasteiger partial charge in [-0.3, -0.25) is 14.2 Å². The van der Waals surface area contributed by atoms with Gasteiger partial charge in [-0.25, -0.2) is 4.98 Å². The third kappa shape index (κ3) is 4.17. The number of aryl methyl sites for hydroxylation is 2. The summed E-state index contributed by atoms with van der Waals surface area (Å²) >= 11 is 2.98. The standard InChI is InChI=1S/C21H27N3O4S2/c25-17(22-10-13-4-2-8-27-13)12-29-21-23-19-18(15-6-1-7-16(15)30-19)20(26)24(21)11-14-5-3-9-28-14/h13-14H,1-12H2,(H,22,25)/t13-,14-/m1/s1. The van der Waals surface area contributed by atoms with Gasteiger partial charge < -0.3 is 14.8 Å². The molecular formula is C21H27N3O4S2. The van der Waals surface area contributed by atoms with Crippen molar-refractivity contribution in [1.29, 1.82) is 0 Å². The van der Waals surface area contributed by atoms with E-state index in [4.69, 9.17) is 14.5 Å². The largest absolute Gasteiger partial charge is 0.376 e. The van der Waals surface area contributed by atoms with Gasteiger partial charge in [0.25, 0.3) is 5.56 Å². The van der Waals surface area contributed by atoms with Crippen molar-refractivity contribution < 1.29 is 14.3 Å². The summed E-state index contributed by atoms with van der Waals surface area (Å²) in [5.41, 5.74) is 1.22. The Labute approximate surface area is 183 Å². The van der Waals surface area contributed by atoms with Gasteiger partial charge in [-0.2, -0.15) is 0 Å². The molecule has 0 radical (unpaired) electrons. The van der Waals surface area contributed by atoms with Crippen LogP contribution in [0.1, 0.15) is 42.5 Å². The van der Waals surface area contributed by atoms with Crippen LogP contribution < -0.4 is 10.9 Å². The number of nitrogens with zero attached hydrogens (tertiary/aromatic N) is 2. The number of nitrogens with one attached hydrogen (secondary N) is 1. The van der Waals surface area contributed by atoms with Crippen LogP contribution in [0.4, 0.5) is 0 Å². The summed E-state index contributed by atoms with van der Waals surface area (Å²) in [7, 11) is 0. The van der Waals surface area contributed by atoms with Crippen LogP contribution in [0.25, 0.3) is 10.2 Å². The maximum atomic E-state index is 13.4. The molecule has 0 unspecified atom stereocenters. The predicted octanol–water partition coefficient (Wildman–Crippen LogP) is 2.51. The summed E-state index contributed by atoms with van der Waals surface area (Å²) in [5, 5.41) is 4.36. The smallest absolute Gasteiger partial charge is 0.263 e. The molecule has 0 saturated carbocycles. The van der Waals surface area contributed by atoms with E-state index in [1.165, 1.54) is 22.2 Å². The minimum absolute atomic E-state index is 0.0252. The molecule has 30 heavy (non-hydrogen) atoms. The zero-order valence-corrected chi connectivity index (χ0v) is 18.6. The molecular weight excluding hydrogens is 422 g/mol. The third-order valence-electron chi connectivity index (χ3n) is 6.08. The van der Waals surface area contributed by atoms with Crippen LogP contribution in [0.15, 0.2) is 9.95 Å². The van der Waals surface area contributed by atoms with Crippen molar-refractivity contribution in [3.8, 4) is 0 Å². The van der Waals surface area contributed by atoms with E-state index >= 15 is 0 Å². The summed E-state index contributed by atoms with van der Waals surface area (Å²) in [6.07, 6.45) is 7.31. The van der Waals surface area contributed by atoms with Gasteiger partial charge in [0.1, 0.15) is 4.83 Å². The summed E-state index contributed by atoms with van der Waals surface area (Å²) in [4.78, 5) is 32.8. The fourth-order valence-electron chi connectivity index (χ4n) is 4.54. The maximum Gasteiger partial charge on any atom is 0.263 e. The molecule has 0 aromatic carbocycles. The Hall–Kier alpha value is -1.42. The average Bonchev–Trinajstić information content (AvgIpc) is 3.51. The van der Waals surface area contributed by atoms with Gasteiger partial charge in [0, 0.05) is 24.6 Å². The summed E-state index contributed by atoms with van der Waals surface area (Å²) in [6.45, 7) is 2.58. The highest BCUT2D eigenvalue weighted by Crippen LogP contribution is 2.35. The van der Waals surface area contributed by atoms with Gasteiger partial charge in [-0.05, 0) is 50.5 Å². The summed E-state index contributed by atoms with van der Waals surface area (Å²) < 4.78 is 13.1. The monoisotopic (exact) mass is 449 g/mol. The molecule has 1 amide bonds. The normalized spacial score (nSPS) is 23.3. The van der Waals surface area contributed by atoms with Gasteiger partial charge in [-0.1, -0.05) is 11.8 Å². The SMILES string of the molecule is O=C(CSc1nc2sc3c(c2c(=O)n1C[C@H]1CCCO1)CCC3)NC[C@H]1CCCO1. The van der Waals surface area contributed by atoms with Crippen molar-refractivity contribution in [2.24, 2.45) is 0 Å². The number of carbonyl (C=O) groups is 1. The molecule has 3 aliphatic rings. The quantitative estimate of drug-likeness (QED) is 0.517. The lowest BCUT2D eigenvalue weighted by Gasteiger charge is -2.16. The van der Waals surface area contributed by atoms with Gasteiger partial charge in [0.15, 0.2) is 5.16 Å². The first kappa shape index (κ1) is 20.5. The van der Waals surface area contributed by atoms with Crippen molar-refractivity contribution >= 4 is 39.2 Å². The highest BCUT2D eigenvalue weighted by molar-refractivity contribution is 7.99. The lowest BCUT2D eigenvalue weighted by atomic mass is 10.2. The molecule has 2 saturated heterocycles. The second kappa shape index (κ2) is 8.98. The van der Waals surface area contributed by atoms with Crippen LogP contribution in [0, 0.1) is 0 Å². The second-order valence-corrected chi connectivity index (χ2v) is 10.2. The average molecular weight is 450 g/mol. The Morgan fingerprint density at radius 2 is 1.97 bits per heavy atom. The molecule has 7 nitrogen and oxygen atoms in total. The van der Waals surface area contributed by atoms with Crippen LogP contribution in [0.2, 0.25) is 0 Å². The topological polar surface area (TPSA) is 82.5 Å². The molecule has 2 aromatic heterocycles. The molecule has 2 atom stereocenters. The number of thiophene rings is 1. The van der Waals surface area contributed by atoms with E-state index in [9.17, 15) is 9.59 Å². The molecule has 0 spiro atoms. The van der Waals surface area contributed by atoms with E-state index in [1.807, 2.05) is 0 Å². The van der Waals surface area contributed by atoms with Crippen LogP contribution in [-0.4, -0.2) is 53.2 Å². The Morgan fingerprint density at radius 1 is 1.17 bits per heavy atom. The van der Waals surface area contributed by atoms with Crippen molar-refractivity contribution in [1.82, 2.24) is 14.9 Å². The van der Waals surface area contributed by atoms with Crippen molar-refractivity contribution in [3.05, 3.63) is 20.8 Å². The number of hydrogen-bond acceptors (Lipinski definition) is 7. The van der Waals surface area contributed by atoms with Gasteiger partial charge in [-0.15, -0.1) is 11.3 Å². The number of aromatic nitrogens is 2.